The predicted molar refractivity (Wildman–Crippen MR) is 131 cm³/mol. The van der Waals surface area contributed by atoms with E-state index in [1.807, 2.05) is 13.0 Å². The Morgan fingerprint density at radius 1 is 1.06 bits per heavy atom. The maximum Gasteiger partial charge on any atom is 0.270 e. The first kappa shape index (κ1) is 26.3. The number of carbonyl (C=O) groups excluding carboxylic acids is 1. The van der Waals surface area contributed by atoms with Crippen LogP contribution in [0.3, 0.4) is 0 Å². The lowest BCUT2D eigenvalue weighted by atomic mass is 9.88. The molecular weight excluding hydrogens is 460 g/mol. The highest BCUT2D eigenvalue weighted by molar-refractivity contribution is 7.88. The maximum absolute atomic E-state index is 13.7. The molecule has 0 spiro atoms. The van der Waals surface area contributed by atoms with Gasteiger partial charge in [0.1, 0.15) is 0 Å². The average molecular weight is 496 g/mol. The van der Waals surface area contributed by atoms with Gasteiger partial charge in [-0.05, 0) is 50.8 Å². The largest absolute Gasteiger partial charge is 0.345 e. The van der Waals surface area contributed by atoms with E-state index in [2.05, 4.69) is 35.4 Å². The molecule has 1 aliphatic rings. The molecule has 9 heteroatoms. The molecule has 3 rings (SSSR count). The van der Waals surface area contributed by atoms with E-state index in [-0.39, 0.29) is 29.0 Å². The molecule has 1 saturated carbocycles. The fourth-order valence-corrected chi connectivity index (χ4v) is 5.56. The summed E-state index contributed by atoms with van der Waals surface area (Å²) >= 11 is 0. The van der Waals surface area contributed by atoms with Gasteiger partial charge in [0.15, 0.2) is 0 Å². The van der Waals surface area contributed by atoms with Gasteiger partial charge < -0.3 is 9.88 Å². The molecule has 1 aliphatic carbocycles. The molecular formula is C25H35F2N3O3S. The zero-order valence-electron chi connectivity index (χ0n) is 20.7. The number of amides is 1. The van der Waals surface area contributed by atoms with Gasteiger partial charge in [0.05, 0.1) is 11.8 Å². The molecule has 0 bridgehead atoms. The predicted octanol–water partition coefficient (Wildman–Crippen LogP) is 5.49. The van der Waals surface area contributed by atoms with Crippen molar-refractivity contribution in [3.05, 3.63) is 52.8 Å². The number of rotatable bonds is 6. The second kappa shape index (κ2) is 9.41. The van der Waals surface area contributed by atoms with E-state index in [0.29, 0.717) is 11.3 Å². The van der Waals surface area contributed by atoms with Crippen molar-refractivity contribution in [2.45, 2.75) is 83.7 Å². The second-order valence-electron chi connectivity index (χ2n) is 10.5. The van der Waals surface area contributed by atoms with Gasteiger partial charge in [-0.1, -0.05) is 32.9 Å². The van der Waals surface area contributed by atoms with Crippen molar-refractivity contribution >= 4 is 21.6 Å². The smallest absolute Gasteiger partial charge is 0.270 e. The Morgan fingerprint density at radius 2 is 1.68 bits per heavy atom. The quantitative estimate of drug-likeness (QED) is 0.556. The summed E-state index contributed by atoms with van der Waals surface area (Å²) in [5.41, 5.74) is 2.28. The minimum Gasteiger partial charge on any atom is -0.345 e. The van der Waals surface area contributed by atoms with Crippen molar-refractivity contribution < 1.29 is 22.0 Å². The standard InChI is InChI=1S/C25H35F2N3O3S/c1-16-21(23(31)28-19-9-7-8-17(14-19)25(5,26)27)15-22(24(2,3)4)30(16)20-12-10-18(11-13-20)29-34(6,32)33/h7-9,14-15,18,20,29H,10-13H2,1-6H3,(H,28,31)/t18-,20+. The molecule has 188 valence electrons. The second-order valence-corrected chi connectivity index (χ2v) is 12.2. The van der Waals surface area contributed by atoms with Crippen LogP contribution in [0.1, 0.15) is 86.7 Å². The Balaban J connectivity index is 1.87. The van der Waals surface area contributed by atoms with Crippen molar-refractivity contribution in [2.24, 2.45) is 0 Å². The lowest BCUT2D eigenvalue weighted by molar-refractivity contribution is 0.0175. The van der Waals surface area contributed by atoms with Gasteiger partial charge in [-0.2, -0.15) is 0 Å². The van der Waals surface area contributed by atoms with Crippen LogP contribution in [-0.4, -0.2) is 31.2 Å². The SMILES string of the molecule is Cc1c(C(=O)Nc2cccc(C(C)(F)F)c2)cc(C(C)(C)C)n1[C@H]1CC[C@@H](NS(C)(=O)=O)CC1. The summed E-state index contributed by atoms with van der Waals surface area (Å²) in [4.78, 5) is 13.2. The molecule has 0 aliphatic heterocycles. The van der Waals surface area contributed by atoms with E-state index in [0.717, 1.165) is 44.0 Å². The van der Waals surface area contributed by atoms with Crippen LogP contribution in [0.2, 0.25) is 0 Å². The minimum absolute atomic E-state index is 0.0769. The molecule has 2 N–H and O–H groups in total. The molecule has 1 heterocycles. The van der Waals surface area contributed by atoms with Crippen LogP contribution in [0.15, 0.2) is 30.3 Å². The molecule has 1 fully saturated rings. The highest BCUT2D eigenvalue weighted by Crippen LogP contribution is 2.37. The lowest BCUT2D eigenvalue weighted by Gasteiger charge is -2.34. The zero-order chi connectivity index (χ0) is 25.5. The number of sulfonamides is 1. The Labute approximate surface area is 201 Å². The number of anilines is 1. The molecule has 0 atom stereocenters. The molecule has 0 unspecified atom stereocenters. The monoisotopic (exact) mass is 495 g/mol. The van der Waals surface area contributed by atoms with Gasteiger partial charge in [0.25, 0.3) is 11.8 Å². The summed E-state index contributed by atoms with van der Waals surface area (Å²) in [7, 11) is -3.25. The van der Waals surface area contributed by atoms with Crippen molar-refractivity contribution in [3.63, 3.8) is 0 Å². The molecule has 6 nitrogen and oxygen atoms in total. The Morgan fingerprint density at radius 3 is 2.21 bits per heavy atom. The number of hydrogen-bond acceptors (Lipinski definition) is 3. The van der Waals surface area contributed by atoms with Crippen molar-refractivity contribution in [1.29, 1.82) is 0 Å². The van der Waals surface area contributed by atoms with Crippen LogP contribution >= 0.6 is 0 Å². The fraction of sp³-hybridized carbons (Fsp3) is 0.560. The zero-order valence-corrected chi connectivity index (χ0v) is 21.5. The summed E-state index contributed by atoms with van der Waals surface area (Å²) in [6.07, 6.45) is 4.20. The van der Waals surface area contributed by atoms with Crippen molar-refractivity contribution in [2.75, 3.05) is 11.6 Å². The first-order valence-electron chi connectivity index (χ1n) is 11.6. The number of alkyl halides is 2. The first-order chi connectivity index (χ1) is 15.6. The molecule has 0 radical (unpaired) electrons. The topological polar surface area (TPSA) is 80.2 Å². The van der Waals surface area contributed by atoms with E-state index < -0.39 is 15.9 Å². The molecule has 0 saturated heterocycles. The molecule has 34 heavy (non-hydrogen) atoms. The molecule has 1 aromatic carbocycles. The van der Waals surface area contributed by atoms with E-state index in [9.17, 15) is 22.0 Å². The summed E-state index contributed by atoms with van der Waals surface area (Å²) in [5.74, 6) is -3.34. The van der Waals surface area contributed by atoms with Crippen LogP contribution < -0.4 is 10.0 Å². The van der Waals surface area contributed by atoms with Gasteiger partial charge in [-0.15, -0.1) is 0 Å². The van der Waals surface area contributed by atoms with Crippen LogP contribution in [0.4, 0.5) is 14.5 Å². The lowest BCUT2D eigenvalue weighted by Crippen LogP contribution is -2.37. The Bertz CT molecular complexity index is 1150. The normalized spacial score (nSPS) is 19.8. The number of carbonyl (C=O) groups is 1. The summed E-state index contributed by atoms with van der Waals surface area (Å²) in [5, 5.41) is 2.78. The highest BCUT2D eigenvalue weighted by atomic mass is 32.2. The van der Waals surface area contributed by atoms with E-state index in [4.69, 9.17) is 0 Å². The third kappa shape index (κ3) is 6.24. The highest BCUT2D eigenvalue weighted by Gasteiger charge is 2.32. The maximum atomic E-state index is 13.7. The number of aromatic nitrogens is 1. The van der Waals surface area contributed by atoms with E-state index >= 15 is 0 Å². The van der Waals surface area contributed by atoms with Gasteiger partial charge in [0.2, 0.25) is 10.0 Å². The van der Waals surface area contributed by atoms with Crippen LogP contribution in [0, 0.1) is 6.92 Å². The first-order valence-corrected chi connectivity index (χ1v) is 13.4. The number of nitrogens with zero attached hydrogens (tertiary/aromatic N) is 1. The number of benzene rings is 1. The van der Waals surface area contributed by atoms with Crippen molar-refractivity contribution in [1.82, 2.24) is 9.29 Å². The van der Waals surface area contributed by atoms with Crippen LogP contribution in [0.5, 0.6) is 0 Å². The van der Waals surface area contributed by atoms with Crippen molar-refractivity contribution in [3.8, 4) is 0 Å². The summed E-state index contributed by atoms with van der Waals surface area (Å²) in [6.45, 7) is 8.99. The average Bonchev–Trinajstić information content (AvgIpc) is 3.05. The Kier molecular flexibility index (Phi) is 7.30. The molecule has 1 aromatic heterocycles. The van der Waals surface area contributed by atoms with E-state index in [1.54, 1.807) is 6.07 Å². The van der Waals surface area contributed by atoms with Crippen LogP contribution in [-0.2, 0) is 21.4 Å². The number of nitrogens with one attached hydrogen (secondary N) is 2. The third-order valence-electron chi connectivity index (χ3n) is 6.37. The molecule has 1 amide bonds. The minimum atomic E-state index is -3.25. The summed E-state index contributed by atoms with van der Waals surface area (Å²) < 4.78 is 55.5. The summed E-state index contributed by atoms with van der Waals surface area (Å²) in [6, 6.07) is 7.70. The fourth-order valence-electron chi connectivity index (χ4n) is 4.72. The van der Waals surface area contributed by atoms with Gasteiger partial charge >= 0.3 is 0 Å². The van der Waals surface area contributed by atoms with Gasteiger partial charge in [0, 0.05) is 47.1 Å². The van der Waals surface area contributed by atoms with E-state index in [1.165, 1.54) is 24.5 Å². The number of halogens is 2. The number of hydrogen-bond donors (Lipinski definition) is 2. The van der Waals surface area contributed by atoms with Crippen LogP contribution in [0.25, 0.3) is 0 Å². The third-order valence-corrected chi connectivity index (χ3v) is 7.14. The Hall–Kier alpha value is -2.26. The van der Waals surface area contributed by atoms with Gasteiger partial charge in [-0.3, -0.25) is 4.79 Å². The molecule has 2 aromatic rings. The van der Waals surface area contributed by atoms with Gasteiger partial charge in [-0.25, -0.2) is 21.9 Å².